The third kappa shape index (κ3) is 7.82. The Morgan fingerprint density at radius 2 is 1.72 bits per heavy atom. The lowest BCUT2D eigenvalue weighted by Crippen LogP contribution is -2.45. The topological polar surface area (TPSA) is 115 Å². The number of hydrogen-bond donors (Lipinski definition) is 3. The summed E-state index contributed by atoms with van der Waals surface area (Å²) in [6.07, 6.45) is 0.124. The van der Waals surface area contributed by atoms with Gasteiger partial charge in [-0.2, -0.15) is 0 Å². The first-order chi connectivity index (χ1) is 15.5. The molecule has 0 unspecified atom stereocenters. The lowest BCUT2D eigenvalue weighted by molar-refractivity contribution is -0.143. The van der Waals surface area contributed by atoms with E-state index < -0.39 is 18.1 Å². The van der Waals surface area contributed by atoms with E-state index in [0.29, 0.717) is 18.0 Å². The van der Waals surface area contributed by atoms with Crippen LogP contribution in [-0.2, 0) is 14.3 Å². The number of hydrogen-bond acceptors (Lipinski definition) is 6. The quantitative estimate of drug-likeness (QED) is 0.484. The average Bonchev–Trinajstić information content (AvgIpc) is 2.80. The van der Waals surface area contributed by atoms with Crippen LogP contribution < -0.4 is 20.7 Å². The summed E-state index contributed by atoms with van der Waals surface area (Å²) in [5, 5.41) is 7.99. The second kappa shape index (κ2) is 12.8. The lowest BCUT2D eigenvalue weighted by atomic mass is 10.0. The second-order valence-corrected chi connectivity index (χ2v) is 6.74. The number of esters is 1. The number of carbonyl (C=O) groups is 3. The van der Waals surface area contributed by atoms with Gasteiger partial charge in [-0.1, -0.05) is 31.2 Å². The van der Waals surface area contributed by atoms with E-state index in [4.69, 9.17) is 14.2 Å². The summed E-state index contributed by atoms with van der Waals surface area (Å²) < 4.78 is 15.2. The highest BCUT2D eigenvalue weighted by Gasteiger charge is 2.23. The van der Waals surface area contributed by atoms with Gasteiger partial charge in [-0.15, -0.1) is 0 Å². The fraction of sp³-hybridized carbons (Fsp3) is 0.348. The zero-order valence-electron chi connectivity index (χ0n) is 18.5. The minimum Gasteiger partial charge on any atom is -0.491 e. The first kappa shape index (κ1) is 24.5. The molecule has 0 spiro atoms. The SMILES string of the molecule is CCCNC(=O)Nc1cccc(-c2cccc(OC[C@H](NC(=O)OCC)C(=O)OC)c2)c1. The number of anilines is 1. The molecule has 0 aliphatic rings. The van der Waals surface area contributed by atoms with Crippen molar-refractivity contribution in [3.05, 3.63) is 48.5 Å². The summed E-state index contributed by atoms with van der Waals surface area (Å²) in [5.41, 5.74) is 2.39. The Kier molecular flexibility index (Phi) is 9.83. The molecular weight excluding hydrogens is 414 g/mol. The Balaban J connectivity index is 2.08. The standard InChI is InChI=1S/C23H29N3O6/c1-4-12-24-22(28)25-18-10-6-8-16(13-18)17-9-7-11-19(14-17)32-15-20(21(27)30-3)26-23(29)31-5-2/h6-11,13-14,20H,4-5,12,15H2,1-3H3,(H,26,29)(H2,24,25,28)/t20-/m0/s1. The monoisotopic (exact) mass is 443 g/mol. The maximum absolute atomic E-state index is 11.9. The molecule has 0 radical (unpaired) electrons. The van der Waals surface area contributed by atoms with E-state index >= 15 is 0 Å². The number of benzene rings is 2. The number of methoxy groups -OCH3 is 1. The van der Waals surface area contributed by atoms with Crippen molar-refractivity contribution in [1.82, 2.24) is 10.6 Å². The van der Waals surface area contributed by atoms with Gasteiger partial charge in [0.05, 0.1) is 13.7 Å². The summed E-state index contributed by atoms with van der Waals surface area (Å²) in [5.74, 6) is -0.143. The molecule has 0 saturated carbocycles. The molecule has 0 aromatic heterocycles. The van der Waals surface area contributed by atoms with Gasteiger partial charge < -0.3 is 30.2 Å². The highest BCUT2D eigenvalue weighted by atomic mass is 16.6. The van der Waals surface area contributed by atoms with E-state index in [1.807, 2.05) is 37.3 Å². The van der Waals surface area contributed by atoms with Crippen LogP contribution in [0.25, 0.3) is 11.1 Å². The molecule has 1 atom stereocenters. The van der Waals surface area contributed by atoms with Gasteiger partial charge in [-0.3, -0.25) is 0 Å². The first-order valence-electron chi connectivity index (χ1n) is 10.4. The third-order valence-electron chi connectivity index (χ3n) is 4.29. The van der Waals surface area contributed by atoms with E-state index in [2.05, 4.69) is 16.0 Å². The molecule has 0 aliphatic heterocycles. The van der Waals surface area contributed by atoms with Crippen molar-refractivity contribution in [3.63, 3.8) is 0 Å². The molecule has 32 heavy (non-hydrogen) atoms. The minimum atomic E-state index is -1.02. The van der Waals surface area contributed by atoms with Gasteiger partial charge in [0.2, 0.25) is 0 Å². The maximum atomic E-state index is 11.9. The third-order valence-corrected chi connectivity index (χ3v) is 4.29. The van der Waals surface area contributed by atoms with Crippen molar-refractivity contribution in [2.75, 3.05) is 32.2 Å². The molecule has 0 saturated heterocycles. The van der Waals surface area contributed by atoms with Crippen LogP contribution in [0, 0.1) is 0 Å². The van der Waals surface area contributed by atoms with Gasteiger partial charge in [0.15, 0.2) is 6.04 Å². The molecule has 0 heterocycles. The van der Waals surface area contributed by atoms with E-state index in [1.54, 1.807) is 25.1 Å². The molecule has 2 aromatic carbocycles. The zero-order valence-corrected chi connectivity index (χ0v) is 18.5. The van der Waals surface area contributed by atoms with Crippen LogP contribution in [0.15, 0.2) is 48.5 Å². The number of alkyl carbamates (subject to hydrolysis) is 1. The lowest BCUT2D eigenvalue weighted by Gasteiger charge is -2.17. The van der Waals surface area contributed by atoms with Crippen LogP contribution in [-0.4, -0.2) is 51.0 Å². The van der Waals surface area contributed by atoms with Gasteiger partial charge in [0, 0.05) is 12.2 Å². The fourth-order valence-corrected chi connectivity index (χ4v) is 2.76. The number of ether oxygens (including phenoxy) is 3. The van der Waals surface area contributed by atoms with Crippen LogP contribution in [0.3, 0.4) is 0 Å². The van der Waals surface area contributed by atoms with E-state index in [1.165, 1.54) is 7.11 Å². The predicted octanol–water partition coefficient (Wildman–Crippen LogP) is 3.55. The molecule has 9 nitrogen and oxygen atoms in total. The molecule has 2 aromatic rings. The highest BCUT2D eigenvalue weighted by molar-refractivity contribution is 5.90. The van der Waals surface area contributed by atoms with Gasteiger partial charge in [-0.25, -0.2) is 14.4 Å². The Hall–Kier alpha value is -3.75. The minimum absolute atomic E-state index is 0.131. The number of nitrogens with one attached hydrogen (secondary N) is 3. The fourth-order valence-electron chi connectivity index (χ4n) is 2.76. The summed E-state index contributed by atoms with van der Waals surface area (Å²) >= 11 is 0. The van der Waals surface area contributed by atoms with Crippen molar-refractivity contribution in [3.8, 4) is 16.9 Å². The van der Waals surface area contributed by atoms with Crippen LogP contribution in [0.2, 0.25) is 0 Å². The number of rotatable bonds is 10. The van der Waals surface area contributed by atoms with E-state index in [-0.39, 0.29) is 19.2 Å². The molecular formula is C23H29N3O6. The Bertz CT molecular complexity index is 918. The summed E-state index contributed by atoms with van der Waals surface area (Å²) in [6, 6.07) is 13.4. The van der Waals surface area contributed by atoms with Crippen molar-refractivity contribution >= 4 is 23.8 Å². The Morgan fingerprint density at radius 1 is 1.00 bits per heavy atom. The number of carbonyl (C=O) groups excluding carboxylic acids is 3. The smallest absolute Gasteiger partial charge is 0.407 e. The zero-order chi connectivity index (χ0) is 23.3. The molecule has 3 N–H and O–H groups in total. The van der Waals surface area contributed by atoms with Crippen molar-refractivity contribution in [1.29, 1.82) is 0 Å². The maximum Gasteiger partial charge on any atom is 0.407 e. The molecule has 0 fully saturated rings. The van der Waals surface area contributed by atoms with Crippen molar-refractivity contribution in [2.24, 2.45) is 0 Å². The molecule has 2 rings (SSSR count). The van der Waals surface area contributed by atoms with Gasteiger partial charge in [0.1, 0.15) is 12.4 Å². The largest absolute Gasteiger partial charge is 0.491 e. The van der Waals surface area contributed by atoms with E-state index in [9.17, 15) is 14.4 Å². The highest BCUT2D eigenvalue weighted by Crippen LogP contribution is 2.26. The van der Waals surface area contributed by atoms with Crippen molar-refractivity contribution < 1.29 is 28.6 Å². The normalized spacial score (nSPS) is 11.1. The summed E-state index contributed by atoms with van der Waals surface area (Å²) in [6.45, 7) is 4.29. The van der Waals surface area contributed by atoms with Crippen LogP contribution in [0.1, 0.15) is 20.3 Å². The van der Waals surface area contributed by atoms with E-state index in [0.717, 1.165) is 17.5 Å². The molecule has 9 heteroatoms. The van der Waals surface area contributed by atoms with Crippen LogP contribution >= 0.6 is 0 Å². The summed E-state index contributed by atoms with van der Waals surface area (Å²) in [7, 11) is 1.23. The Morgan fingerprint density at radius 3 is 2.41 bits per heavy atom. The second-order valence-electron chi connectivity index (χ2n) is 6.74. The number of urea groups is 1. The molecule has 0 aliphatic carbocycles. The van der Waals surface area contributed by atoms with Crippen LogP contribution in [0.4, 0.5) is 15.3 Å². The summed E-state index contributed by atoms with van der Waals surface area (Å²) in [4.78, 5) is 35.5. The Labute approximate surface area is 187 Å². The molecule has 0 bridgehead atoms. The van der Waals surface area contributed by atoms with Gasteiger partial charge >= 0.3 is 18.1 Å². The first-order valence-corrected chi connectivity index (χ1v) is 10.4. The predicted molar refractivity (Wildman–Crippen MR) is 121 cm³/mol. The van der Waals surface area contributed by atoms with Crippen molar-refractivity contribution in [2.45, 2.75) is 26.3 Å². The molecule has 3 amide bonds. The van der Waals surface area contributed by atoms with Gasteiger partial charge in [-0.05, 0) is 48.7 Å². The number of amides is 3. The molecule has 172 valence electrons. The van der Waals surface area contributed by atoms with Gasteiger partial charge in [0.25, 0.3) is 0 Å². The average molecular weight is 444 g/mol. The van der Waals surface area contributed by atoms with Crippen LogP contribution in [0.5, 0.6) is 5.75 Å².